The highest BCUT2D eigenvalue weighted by Crippen LogP contribution is 2.30. The van der Waals surface area contributed by atoms with Gasteiger partial charge in [-0.2, -0.15) is 0 Å². The molecular weight excluding hydrogens is 302 g/mol. The van der Waals surface area contributed by atoms with Crippen molar-refractivity contribution in [2.24, 2.45) is 5.92 Å². The predicted molar refractivity (Wildman–Crippen MR) is 79.3 cm³/mol. The second-order valence-corrected chi connectivity index (χ2v) is 5.17. The third-order valence-corrected chi connectivity index (χ3v) is 3.67. The molecule has 0 radical (unpaired) electrons. The van der Waals surface area contributed by atoms with Gasteiger partial charge in [-0.05, 0) is 5.56 Å². The van der Waals surface area contributed by atoms with Gasteiger partial charge >= 0.3 is 18.0 Å². The average Bonchev–Trinajstić information content (AvgIpc) is 3.38. The lowest BCUT2D eigenvalue weighted by Gasteiger charge is -2.13. The number of rotatable bonds is 6. The number of esters is 2. The van der Waals surface area contributed by atoms with Crippen LogP contribution in [0.15, 0.2) is 30.3 Å². The Bertz CT molecular complexity index is 573. The van der Waals surface area contributed by atoms with Crippen LogP contribution >= 0.6 is 0 Å². The van der Waals surface area contributed by atoms with E-state index in [4.69, 9.17) is 9.47 Å². The molecule has 1 fully saturated rings. The molecule has 2 atom stereocenters. The fourth-order valence-electron chi connectivity index (χ4n) is 2.30. The van der Waals surface area contributed by atoms with E-state index in [0.717, 1.165) is 5.56 Å². The van der Waals surface area contributed by atoms with E-state index in [1.807, 2.05) is 30.3 Å². The Hall–Kier alpha value is -2.57. The highest BCUT2D eigenvalue weighted by atomic mass is 16.6. The van der Waals surface area contributed by atoms with E-state index in [1.165, 1.54) is 19.1 Å². The largest absolute Gasteiger partial charge is 0.469 e. The van der Waals surface area contributed by atoms with Crippen molar-refractivity contribution in [2.45, 2.75) is 19.1 Å². The molecule has 0 bridgehead atoms. The normalized spacial score (nSPS) is 17.1. The molecule has 1 aromatic carbocycles. The van der Waals surface area contributed by atoms with E-state index in [9.17, 15) is 14.4 Å². The first-order valence-corrected chi connectivity index (χ1v) is 7.18. The van der Waals surface area contributed by atoms with Crippen molar-refractivity contribution in [1.82, 2.24) is 4.90 Å². The molecule has 124 valence electrons. The van der Waals surface area contributed by atoms with E-state index in [0.29, 0.717) is 6.54 Å². The van der Waals surface area contributed by atoms with Crippen LogP contribution in [0.4, 0.5) is 4.79 Å². The Morgan fingerprint density at radius 1 is 1.17 bits per heavy atom. The molecule has 1 heterocycles. The summed E-state index contributed by atoms with van der Waals surface area (Å²) in [7, 11) is 2.49. The highest BCUT2D eigenvalue weighted by molar-refractivity contribution is 5.82. The summed E-state index contributed by atoms with van der Waals surface area (Å²) in [4.78, 5) is 36.6. The van der Waals surface area contributed by atoms with Crippen LogP contribution in [0.3, 0.4) is 0 Å². The van der Waals surface area contributed by atoms with Gasteiger partial charge in [-0.25, -0.2) is 4.79 Å². The summed E-state index contributed by atoms with van der Waals surface area (Å²) in [5.41, 5.74) is 0.873. The van der Waals surface area contributed by atoms with Gasteiger partial charge in [0.25, 0.3) is 0 Å². The summed E-state index contributed by atoms with van der Waals surface area (Å²) in [6.45, 7) is 0.507. The fourth-order valence-corrected chi connectivity index (χ4v) is 2.30. The van der Waals surface area contributed by atoms with Gasteiger partial charge < -0.3 is 19.1 Å². The number of carbonyl (C=O) groups is 3. The molecule has 0 unspecified atom stereocenters. The van der Waals surface area contributed by atoms with Crippen LogP contribution in [0.2, 0.25) is 0 Å². The lowest BCUT2D eigenvalue weighted by Crippen LogP contribution is -2.29. The second kappa shape index (κ2) is 7.62. The monoisotopic (exact) mass is 321 g/mol. The van der Waals surface area contributed by atoms with Crippen molar-refractivity contribution in [3.63, 3.8) is 0 Å². The molecule has 0 aromatic heterocycles. The molecule has 1 aromatic rings. The van der Waals surface area contributed by atoms with Gasteiger partial charge in [0.2, 0.25) is 0 Å². The number of methoxy groups -OCH3 is 2. The molecule has 0 N–H and O–H groups in total. The van der Waals surface area contributed by atoms with Gasteiger partial charge in [-0.3, -0.25) is 9.59 Å². The van der Waals surface area contributed by atoms with Crippen LogP contribution in [0, 0.1) is 5.92 Å². The van der Waals surface area contributed by atoms with Crippen molar-refractivity contribution >= 4 is 18.0 Å². The Kier molecular flexibility index (Phi) is 5.56. The predicted octanol–water partition coefficient (Wildman–Crippen LogP) is 1.36. The number of carbonyl (C=O) groups excluding carboxylic acids is 3. The van der Waals surface area contributed by atoms with Crippen molar-refractivity contribution in [2.75, 3.05) is 20.8 Å². The minimum atomic E-state index is -0.739. The Balaban J connectivity index is 1.88. The van der Waals surface area contributed by atoms with Crippen LogP contribution in [-0.4, -0.2) is 49.7 Å². The summed E-state index contributed by atoms with van der Waals surface area (Å²) < 4.78 is 14.5. The van der Waals surface area contributed by atoms with E-state index < -0.39 is 30.0 Å². The maximum absolute atomic E-state index is 12.0. The van der Waals surface area contributed by atoms with Crippen LogP contribution in [0.1, 0.15) is 12.0 Å². The quantitative estimate of drug-likeness (QED) is 0.447. The SMILES string of the molecule is COC(=O)C[C@@H](C(=O)OC)[C@H]1CN1C(=O)OCc1ccccc1. The molecule has 23 heavy (non-hydrogen) atoms. The van der Waals surface area contributed by atoms with Crippen LogP contribution in [0.5, 0.6) is 0 Å². The molecule has 1 amide bonds. The van der Waals surface area contributed by atoms with Gasteiger partial charge in [0, 0.05) is 6.54 Å². The van der Waals surface area contributed by atoms with Crippen LogP contribution in [0.25, 0.3) is 0 Å². The molecular formula is C16H19NO6. The van der Waals surface area contributed by atoms with Crippen molar-refractivity contribution in [3.8, 4) is 0 Å². The maximum Gasteiger partial charge on any atom is 0.410 e. The Labute approximate surface area is 134 Å². The second-order valence-electron chi connectivity index (χ2n) is 5.17. The van der Waals surface area contributed by atoms with E-state index in [2.05, 4.69) is 4.74 Å². The van der Waals surface area contributed by atoms with Crippen LogP contribution in [-0.2, 0) is 30.4 Å². The standard InChI is InChI=1S/C16H19NO6/c1-21-14(18)8-12(15(19)22-2)13-9-17(13)16(20)23-10-11-6-4-3-5-7-11/h3-7,12-13H,8-10H2,1-2H3/t12-,13-,17?/m1/s1. The molecule has 0 aliphatic carbocycles. The zero-order valence-corrected chi connectivity index (χ0v) is 13.1. The average molecular weight is 321 g/mol. The molecule has 1 aliphatic rings. The molecule has 7 nitrogen and oxygen atoms in total. The summed E-state index contributed by atoms with van der Waals surface area (Å²) in [6, 6.07) is 8.88. The smallest absolute Gasteiger partial charge is 0.410 e. The summed E-state index contributed by atoms with van der Waals surface area (Å²) in [6.07, 6.45) is -0.645. The van der Waals surface area contributed by atoms with Crippen LogP contribution < -0.4 is 0 Å². The number of amides is 1. The minimum absolute atomic E-state index is 0.129. The van der Waals surface area contributed by atoms with E-state index >= 15 is 0 Å². The number of benzene rings is 1. The maximum atomic E-state index is 12.0. The number of ether oxygens (including phenoxy) is 3. The summed E-state index contributed by atoms with van der Waals surface area (Å²) in [5.74, 6) is -1.81. The lowest BCUT2D eigenvalue weighted by atomic mass is 10.0. The molecule has 2 rings (SSSR count). The minimum Gasteiger partial charge on any atom is -0.469 e. The lowest BCUT2D eigenvalue weighted by molar-refractivity contribution is -0.152. The fraction of sp³-hybridized carbons (Fsp3) is 0.438. The van der Waals surface area contributed by atoms with E-state index in [1.54, 1.807) is 0 Å². The van der Waals surface area contributed by atoms with Crippen molar-refractivity contribution in [3.05, 3.63) is 35.9 Å². The zero-order chi connectivity index (χ0) is 16.8. The van der Waals surface area contributed by atoms with Gasteiger partial charge in [0.1, 0.15) is 6.61 Å². The van der Waals surface area contributed by atoms with E-state index in [-0.39, 0.29) is 13.0 Å². The zero-order valence-electron chi connectivity index (χ0n) is 13.1. The Morgan fingerprint density at radius 2 is 1.87 bits per heavy atom. The molecule has 7 heteroatoms. The van der Waals surface area contributed by atoms with Crippen molar-refractivity contribution in [1.29, 1.82) is 0 Å². The summed E-state index contributed by atoms with van der Waals surface area (Å²) in [5, 5.41) is 0. The molecule has 0 saturated carbocycles. The topological polar surface area (TPSA) is 81.9 Å². The number of hydrogen-bond acceptors (Lipinski definition) is 6. The first-order chi connectivity index (χ1) is 11.1. The third-order valence-electron chi connectivity index (χ3n) is 3.67. The Morgan fingerprint density at radius 3 is 2.48 bits per heavy atom. The van der Waals surface area contributed by atoms with Gasteiger partial charge in [-0.1, -0.05) is 30.3 Å². The van der Waals surface area contributed by atoms with Crippen molar-refractivity contribution < 1.29 is 28.6 Å². The number of hydrogen-bond donors (Lipinski definition) is 0. The molecule has 1 saturated heterocycles. The number of nitrogens with zero attached hydrogens (tertiary/aromatic N) is 1. The highest BCUT2D eigenvalue weighted by Gasteiger charge is 2.49. The molecule has 1 aliphatic heterocycles. The van der Waals surface area contributed by atoms with Gasteiger partial charge in [0.15, 0.2) is 0 Å². The first kappa shape index (κ1) is 16.8. The first-order valence-electron chi connectivity index (χ1n) is 7.18. The third kappa shape index (κ3) is 4.45. The molecule has 0 spiro atoms. The van der Waals surface area contributed by atoms with Gasteiger partial charge in [0.05, 0.1) is 32.6 Å². The van der Waals surface area contributed by atoms with Gasteiger partial charge in [-0.15, -0.1) is 0 Å². The summed E-state index contributed by atoms with van der Waals surface area (Å²) >= 11 is 0.